The predicted molar refractivity (Wildman–Crippen MR) is 73.8 cm³/mol. The van der Waals surface area contributed by atoms with Crippen LogP contribution in [0.4, 0.5) is 14.5 Å². The van der Waals surface area contributed by atoms with Crippen LogP contribution in [0.2, 0.25) is 0 Å². The third kappa shape index (κ3) is 3.45. The molecule has 1 aromatic heterocycles. The zero-order valence-corrected chi connectivity index (χ0v) is 10.7. The van der Waals surface area contributed by atoms with E-state index in [1.54, 1.807) is 18.3 Å². The van der Waals surface area contributed by atoms with Crippen molar-refractivity contribution in [3.8, 4) is 0 Å². The highest BCUT2D eigenvalue weighted by atomic mass is 32.1. The largest absolute Gasteiger partial charge is 0.388 e. The zero-order chi connectivity index (χ0) is 13.8. The maximum absolute atomic E-state index is 13.0. The van der Waals surface area contributed by atoms with Crippen LogP contribution >= 0.6 is 12.2 Å². The van der Waals surface area contributed by atoms with Crippen molar-refractivity contribution in [1.29, 1.82) is 0 Å². The van der Waals surface area contributed by atoms with Gasteiger partial charge in [0.1, 0.15) is 4.99 Å². The molecule has 1 heterocycles. The van der Waals surface area contributed by atoms with Gasteiger partial charge in [0.2, 0.25) is 0 Å². The van der Waals surface area contributed by atoms with Crippen LogP contribution in [-0.4, -0.2) is 9.97 Å². The number of hydrogen-bond donors (Lipinski definition) is 2. The molecule has 0 aliphatic carbocycles. The third-order valence-electron chi connectivity index (χ3n) is 2.50. The molecule has 19 heavy (non-hydrogen) atoms. The second kappa shape index (κ2) is 5.71. The number of nitrogens with two attached hydrogens (primary N) is 1. The lowest BCUT2D eigenvalue weighted by atomic mass is 10.2. The normalized spacial score (nSPS) is 10.2. The van der Waals surface area contributed by atoms with Gasteiger partial charge in [-0.25, -0.2) is 8.78 Å². The monoisotopic (exact) mass is 279 g/mol. The fourth-order valence-corrected chi connectivity index (χ4v) is 1.62. The summed E-state index contributed by atoms with van der Waals surface area (Å²) < 4.78 is 25.8. The van der Waals surface area contributed by atoms with Gasteiger partial charge in [-0.2, -0.15) is 0 Å². The van der Waals surface area contributed by atoms with Gasteiger partial charge in [-0.1, -0.05) is 18.3 Å². The van der Waals surface area contributed by atoms with Gasteiger partial charge in [-0.15, -0.1) is 0 Å². The second-order valence-electron chi connectivity index (χ2n) is 3.90. The van der Waals surface area contributed by atoms with Gasteiger partial charge in [0.15, 0.2) is 11.6 Å². The van der Waals surface area contributed by atoms with E-state index in [9.17, 15) is 8.78 Å². The standard InChI is InChI=1S/C13H11F2N3S/c14-10-3-1-8(5-11(10)15)6-17-9-2-4-12(13(16)19)18-7-9/h1-5,7,17H,6H2,(H2,16,19). The first-order chi connectivity index (χ1) is 9.06. The molecular weight excluding hydrogens is 268 g/mol. The van der Waals surface area contributed by atoms with Crippen LogP contribution < -0.4 is 11.1 Å². The minimum Gasteiger partial charge on any atom is -0.388 e. The number of pyridine rings is 1. The number of hydrogen-bond acceptors (Lipinski definition) is 3. The van der Waals surface area contributed by atoms with Crippen LogP contribution in [0.5, 0.6) is 0 Å². The molecule has 0 unspecified atom stereocenters. The lowest BCUT2D eigenvalue weighted by Crippen LogP contribution is -2.11. The molecule has 2 rings (SSSR count). The molecule has 0 saturated carbocycles. The lowest BCUT2D eigenvalue weighted by Gasteiger charge is -2.07. The minimum atomic E-state index is -0.860. The SMILES string of the molecule is NC(=S)c1ccc(NCc2ccc(F)c(F)c2)cn1. The average molecular weight is 279 g/mol. The summed E-state index contributed by atoms with van der Waals surface area (Å²) in [6, 6.07) is 7.22. The van der Waals surface area contributed by atoms with Crippen molar-refractivity contribution in [2.75, 3.05) is 5.32 Å². The first-order valence-electron chi connectivity index (χ1n) is 5.50. The number of halogens is 2. The first kappa shape index (κ1) is 13.4. The quantitative estimate of drug-likeness (QED) is 0.845. The Balaban J connectivity index is 2.01. The van der Waals surface area contributed by atoms with Crippen molar-refractivity contribution in [1.82, 2.24) is 4.98 Å². The van der Waals surface area contributed by atoms with Crippen molar-refractivity contribution in [2.45, 2.75) is 6.54 Å². The Morgan fingerprint density at radius 1 is 1.21 bits per heavy atom. The molecular formula is C13H11F2N3S. The Bertz CT molecular complexity index is 599. The number of thiocarbonyl (C=S) groups is 1. The topological polar surface area (TPSA) is 50.9 Å². The van der Waals surface area contributed by atoms with E-state index >= 15 is 0 Å². The van der Waals surface area contributed by atoms with Crippen LogP contribution in [0.15, 0.2) is 36.5 Å². The Morgan fingerprint density at radius 2 is 2.00 bits per heavy atom. The molecule has 2 aromatic rings. The van der Waals surface area contributed by atoms with E-state index in [4.69, 9.17) is 18.0 Å². The van der Waals surface area contributed by atoms with Crippen LogP contribution in [0.25, 0.3) is 0 Å². The molecule has 0 bridgehead atoms. The van der Waals surface area contributed by atoms with Crippen LogP contribution in [0.3, 0.4) is 0 Å². The maximum Gasteiger partial charge on any atom is 0.159 e. The summed E-state index contributed by atoms with van der Waals surface area (Å²) >= 11 is 4.79. The van der Waals surface area contributed by atoms with Crippen LogP contribution in [0.1, 0.15) is 11.3 Å². The van der Waals surface area contributed by atoms with Crippen molar-refractivity contribution < 1.29 is 8.78 Å². The molecule has 6 heteroatoms. The fourth-order valence-electron chi connectivity index (χ4n) is 1.50. The first-order valence-corrected chi connectivity index (χ1v) is 5.91. The summed E-state index contributed by atoms with van der Waals surface area (Å²) in [7, 11) is 0. The number of nitrogens with zero attached hydrogens (tertiary/aromatic N) is 1. The second-order valence-corrected chi connectivity index (χ2v) is 4.34. The fraction of sp³-hybridized carbons (Fsp3) is 0.0769. The van der Waals surface area contributed by atoms with Gasteiger partial charge in [0.25, 0.3) is 0 Å². The van der Waals surface area contributed by atoms with Crippen LogP contribution in [-0.2, 0) is 6.54 Å². The van der Waals surface area contributed by atoms with E-state index < -0.39 is 11.6 Å². The number of nitrogens with one attached hydrogen (secondary N) is 1. The Kier molecular flexibility index (Phi) is 4.01. The van der Waals surface area contributed by atoms with Crippen molar-refractivity contribution in [3.05, 3.63) is 59.4 Å². The summed E-state index contributed by atoms with van der Waals surface area (Å²) in [5.74, 6) is -1.72. The molecule has 0 fully saturated rings. The molecule has 3 N–H and O–H groups in total. The molecule has 98 valence electrons. The minimum absolute atomic E-state index is 0.229. The van der Waals surface area contributed by atoms with E-state index in [0.717, 1.165) is 17.8 Å². The summed E-state index contributed by atoms with van der Waals surface area (Å²) in [5.41, 5.74) is 7.34. The molecule has 0 saturated heterocycles. The Hall–Kier alpha value is -2.08. The summed E-state index contributed by atoms with van der Waals surface area (Å²) in [6.07, 6.45) is 1.58. The zero-order valence-electron chi connectivity index (χ0n) is 9.86. The highest BCUT2D eigenvalue weighted by molar-refractivity contribution is 7.80. The summed E-state index contributed by atoms with van der Waals surface area (Å²) in [4.78, 5) is 4.29. The number of benzene rings is 1. The maximum atomic E-state index is 13.0. The molecule has 0 amide bonds. The molecule has 0 spiro atoms. The number of aromatic nitrogens is 1. The number of anilines is 1. The number of rotatable bonds is 4. The lowest BCUT2D eigenvalue weighted by molar-refractivity contribution is 0.507. The Labute approximate surface area is 114 Å². The van der Waals surface area contributed by atoms with Gasteiger partial charge in [-0.3, -0.25) is 4.98 Å². The average Bonchev–Trinajstić information content (AvgIpc) is 2.40. The summed E-state index contributed by atoms with van der Waals surface area (Å²) in [6.45, 7) is 0.366. The van der Waals surface area contributed by atoms with Gasteiger partial charge in [-0.05, 0) is 29.8 Å². The molecule has 0 aliphatic rings. The van der Waals surface area contributed by atoms with Crippen molar-refractivity contribution in [2.24, 2.45) is 5.73 Å². The van der Waals surface area contributed by atoms with Gasteiger partial charge in [0.05, 0.1) is 17.6 Å². The molecule has 3 nitrogen and oxygen atoms in total. The van der Waals surface area contributed by atoms with Gasteiger partial charge >= 0.3 is 0 Å². The molecule has 1 aromatic carbocycles. The van der Waals surface area contributed by atoms with E-state index in [0.29, 0.717) is 17.8 Å². The van der Waals surface area contributed by atoms with Crippen molar-refractivity contribution in [3.63, 3.8) is 0 Å². The van der Waals surface area contributed by atoms with Gasteiger partial charge < -0.3 is 11.1 Å². The molecule has 0 radical (unpaired) electrons. The third-order valence-corrected chi connectivity index (χ3v) is 2.71. The van der Waals surface area contributed by atoms with E-state index in [-0.39, 0.29) is 4.99 Å². The highest BCUT2D eigenvalue weighted by Crippen LogP contribution is 2.12. The van der Waals surface area contributed by atoms with E-state index in [1.165, 1.54) is 6.07 Å². The van der Waals surface area contributed by atoms with Crippen molar-refractivity contribution >= 4 is 22.9 Å². The van der Waals surface area contributed by atoms with E-state index in [2.05, 4.69) is 10.3 Å². The van der Waals surface area contributed by atoms with Gasteiger partial charge in [0, 0.05) is 6.54 Å². The Morgan fingerprint density at radius 3 is 2.58 bits per heavy atom. The molecule has 0 atom stereocenters. The smallest absolute Gasteiger partial charge is 0.159 e. The van der Waals surface area contributed by atoms with Crippen LogP contribution in [0, 0.1) is 11.6 Å². The molecule has 0 aliphatic heterocycles. The highest BCUT2D eigenvalue weighted by Gasteiger charge is 2.03. The summed E-state index contributed by atoms with van der Waals surface area (Å²) in [5, 5.41) is 3.04. The van der Waals surface area contributed by atoms with E-state index in [1.807, 2.05) is 0 Å². The predicted octanol–water partition coefficient (Wildman–Crippen LogP) is 2.61.